The lowest BCUT2D eigenvalue weighted by atomic mass is 9.96. The minimum atomic E-state index is -0.750. The van der Waals surface area contributed by atoms with Gasteiger partial charge < -0.3 is 5.11 Å². The van der Waals surface area contributed by atoms with Crippen LogP contribution in [0.3, 0.4) is 0 Å². The Morgan fingerprint density at radius 3 is 2.50 bits per heavy atom. The number of benzene rings is 1. The molecule has 1 fully saturated rings. The minimum absolute atomic E-state index is 0.187. The number of rotatable bonds is 5. The standard InChI is InChI=1S/C16H23NO2S/c1-10(2)8-12-4-6-13(7-5-12)11(3)15-17-14(9-20-15)16(18)19/h4-7,10-11,14-15,17H,8-9H2,1-3H3,(H,18,19). The number of carboxylic acid groups (broad SMARTS) is 1. The Balaban J connectivity index is 1.99. The van der Waals surface area contributed by atoms with E-state index in [0.29, 0.717) is 17.6 Å². The lowest BCUT2D eigenvalue weighted by Gasteiger charge is -2.20. The minimum Gasteiger partial charge on any atom is -0.480 e. The van der Waals surface area contributed by atoms with E-state index in [1.165, 1.54) is 11.1 Å². The van der Waals surface area contributed by atoms with Crippen molar-refractivity contribution < 1.29 is 9.90 Å². The van der Waals surface area contributed by atoms with Crippen molar-refractivity contribution >= 4 is 17.7 Å². The van der Waals surface area contributed by atoms with E-state index in [9.17, 15) is 4.79 Å². The maximum absolute atomic E-state index is 11.0. The molecule has 0 saturated carbocycles. The molecule has 1 heterocycles. The zero-order valence-electron chi connectivity index (χ0n) is 12.3. The van der Waals surface area contributed by atoms with Crippen molar-refractivity contribution in [2.24, 2.45) is 5.92 Å². The van der Waals surface area contributed by atoms with Crippen molar-refractivity contribution in [2.75, 3.05) is 5.75 Å². The Bertz CT molecular complexity index is 458. The smallest absolute Gasteiger partial charge is 0.321 e. The molecule has 0 amide bonds. The van der Waals surface area contributed by atoms with Gasteiger partial charge in [0.1, 0.15) is 6.04 Å². The highest BCUT2D eigenvalue weighted by atomic mass is 32.2. The molecule has 110 valence electrons. The fourth-order valence-corrected chi connectivity index (χ4v) is 3.87. The van der Waals surface area contributed by atoms with Crippen LogP contribution in [0, 0.1) is 5.92 Å². The molecule has 20 heavy (non-hydrogen) atoms. The summed E-state index contributed by atoms with van der Waals surface area (Å²) in [4.78, 5) is 11.0. The summed E-state index contributed by atoms with van der Waals surface area (Å²) in [6, 6.07) is 8.34. The van der Waals surface area contributed by atoms with Crippen LogP contribution in [0.2, 0.25) is 0 Å². The fraction of sp³-hybridized carbons (Fsp3) is 0.562. The molecular weight excluding hydrogens is 270 g/mol. The zero-order chi connectivity index (χ0) is 14.7. The molecule has 1 aromatic rings. The molecule has 2 N–H and O–H groups in total. The maximum atomic E-state index is 11.0. The second-order valence-corrected chi connectivity index (χ2v) is 7.11. The molecule has 3 nitrogen and oxygen atoms in total. The van der Waals surface area contributed by atoms with Gasteiger partial charge in [0.25, 0.3) is 0 Å². The van der Waals surface area contributed by atoms with Gasteiger partial charge in [0.05, 0.1) is 5.37 Å². The molecular formula is C16H23NO2S. The van der Waals surface area contributed by atoms with Crippen molar-refractivity contribution in [3.8, 4) is 0 Å². The van der Waals surface area contributed by atoms with Gasteiger partial charge in [-0.1, -0.05) is 45.0 Å². The molecule has 2 rings (SSSR count). The van der Waals surface area contributed by atoms with Crippen molar-refractivity contribution in [3.05, 3.63) is 35.4 Å². The summed E-state index contributed by atoms with van der Waals surface area (Å²) in [5.74, 6) is 0.883. The van der Waals surface area contributed by atoms with Crippen LogP contribution in [0.1, 0.15) is 37.8 Å². The van der Waals surface area contributed by atoms with Crippen molar-refractivity contribution in [3.63, 3.8) is 0 Å². The number of thioether (sulfide) groups is 1. The Morgan fingerprint density at radius 2 is 2.00 bits per heavy atom. The van der Waals surface area contributed by atoms with Gasteiger partial charge in [-0.15, -0.1) is 11.8 Å². The van der Waals surface area contributed by atoms with Crippen LogP contribution < -0.4 is 5.32 Å². The molecule has 0 aromatic heterocycles. The average molecular weight is 293 g/mol. The van der Waals surface area contributed by atoms with Crippen molar-refractivity contribution in [1.82, 2.24) is 5.32 Å². The molecule has 0 radical (unpaired) electrons. The van der Waals surface area contributed by atoms with Crippen molar-refractivity contribution in [1.29, 1.82) is 0 Å². The predicted molar refractivity (Wildman–Crippen MR) is 84.2 cm³/mol. The van der Waals surface area contributed by atoms with E-state index >= 15 is 0 Å². The van der Waals surface area contributed by atoms with Crippen LogP contribution in [0.15, 0.2) is 24.3 Å². The number of hydrogen-bond acceptors (Lipinski definition) is 3. The Morgan fingerprint density at radius 1 is 1.35 bits per heavy atom. The van der Waals surface area contributed by atoms with Gasteiger partial charge in [-0.25, -0.2) is 0 Å². The third-order valence-corrected chi connectivity index (χ3v) is 5.14. The molecule has 0 spiro atoms. The molecule has 1 aromatic carbocycles. The lowest BCUT2D eigenvalue weighted by molar-refractivity contribution is -0.138. The summed E-state index contributed by atoms with van der Waals surface area (Å²) < 4.78 is 0. The lowest BCUT2D eigenvalue weighted by Crippen LogP contribution is -2.38. The third kappa shape index (κ3) is 3.76. The first-order valence-corrected chi connectivity index (χ1v) is 8.21. The van der Waals surface area contributed by atoms with Crippen molar-refractivity contribution in [2.45, 2.75) is 44.5 Å². The quantitative estimate of drug-likeness (QED) is 0.876. The molecule has 1 aliphatic rings. The van der Waals surface area contributed by atoms with Gasteiger partial charge in [-0.05, 0) is 23.5 Å². The predicted octanol–water partition coefficient (Wildman–Crippen LogP) is 3.10. The first-order chi connectivity index (χ1) is 9.47. The summed E-state index contributed by atoms with van der Waals surface area (Å²) in [5.41, 5.74) is 2.64. The number of hydrogen-bond donors (Lipinski definition) is 2. The molecule has 1 aliphatic heterocycles. The topological polar surface area (TPSA) is 49.3 Å². The number of aliphatic carboxylic acids is 1. The summed E-state index contributed by atoms with van der Waals surface area (Å²) in [5, 5.41) is 12.4. The van der Waals surface area contributed by atoms with E-state index in [2.05, 4.69) is 50.4 Å². The van der Waals surface area contributed by atoms with Gasteiger partial charge >= 0.3 is 5.97 Å². The van der Waals surface area contributed by atoms with Crippen LogP contribution in [0.5, 0.6) is 0 Å². The summed E-state index contributed by atoms with van der Waals surface area (Å²) in [6.07, 6.45) is 1.10. The van der Waals surface area contributed by atoms with Gasteiger partial charge in [-0.3, -0.25) is 10.1 Å². The molecule has 4 heteroatoms. The van der Waals surface area contributed by atoms with E-state index in [4.69, 9.17) is 5.11 Å². The molecule has 1 saturated heterocycles. The van der Waals surface area contributed by atoms with Crippen LogP contribution in [0.4, 0.5) is 0 Å². The first-order valence-electron chi connectivity index (χ1n) is 7.16. The zero-order valence-corrected chi connectivity index (χ0v) is 13.1. The van der Waals surface area contributed by atoms with Crippen LogP contribution in [-0.4, -0.2) is 28.2 Å². The van der Waals surface area contributed by atoms with E-state index in [1.807, 2.05) is 0 Å². The molecule has 3 atom stereocenters. The van der Waals surface area contributed by atoms with Crippen LogP contribution in [-0.2, 0) is 11.2 Å². The second-order valence-electron chi connectivity index (χ2n) is 5.94. The van der Waals surface area contributed by atoms with Gasteiger partial charge in [0, 0.05) is 11.7 Å². The van der Waals surface area contributed by atoms with Gasteiger partial charge in [0.15, 0.2) is 0 Å². The van der Waals surface area contributed by atoms with E-state index in [0.717, 1.165) is 6.42 Å². The number of carboxylic acids is 1. The normalized spacial score (nSPS) is 24.0. The highest BCUT2D eigenvalue weighted by molar-refractivity contribution is 8.00. The van der Waals surface area contributed by atoms with Crippen LogP contribution >= 0.6 is 11.8 Å². The molecule has 3 unspecified atom stereocenters. The van der Waals surface area contributed by atoms with Gasteiger partial charge in [-0.2, -0.15) is 0 Å². The summed E-state index contributed by atoms with van der Waals surface area (Å²) in [7, 11) is 0. The third-order valence-electron chi connectivity index (χ3n) is 3.71. The maximum Gasteiger partial charge on any atom is 0.321 e. The largest absolute Gasteiger partial charge is 0.480 e. The van der Waals surface area contributed by atoms with E-state index in [-0.39, 0.29) is 5.37 Å². The highest BCUT2D eigenvalue weighted by Gasteiger charge is 2.32. The Kier molecular flexibility index (Phi) is 5.11. The monoisotopic (exact) mass is 293 g/mol. The van der Waals surface area contributed by atoms with Crippen LogP contribution in [0.25, 0.3) is 0 Å². The molecule has 0 bridgehead atoms. The summed E-state index contributed by atoms with van der Waals surface area (Å²) in [6.45, 7) is 6.61. The first kappa shape index (κ1) is 15.4. The fourth-order valence-electron chi connectivity index (χ4n) is 2.53. The number of carbonyl (C=O) groups is 1. The summed E-state index contributed by atoms with van der Waals surface area (Å²) >= 11 is 1.70. The number of nitrogens with one attached hydrogen (secondary N) is 1. The SMILES string of the molecule is CC(C)Cc1ccc(C(C)C2NC(C(=O)O)CS2)cc1. The Hall–Kier alpha value is -1.00. The van der Waals surface area contributed by atoms with E-state index < -0.39 is 12.0 Å². The van der Waals surface area contributed by atoms with E-state index in [1.54, 1.807) is 11.8 Å². The molecule has 0 aliphatic carbocycles. The average Bonchev–Trinajstić information content (AvgIpc) is 2.88. The second kappa shape index (κ2) is 6.64. The Labute approximate surface area is 125 Å². The highest BCUT2D eigenvalue weighted by Crippen LogP contribution is 2.31. The van der Waals surface area contributed by atoms with Gasteiger partial charge in [0.2, 0.25) is 0 Å².